The predicted octanol–water partition coefficient (Wildman–Crippen LogP) is 1.73. The van der Waals surface area contributed by atoms with Crippen molar-refractivity contribution in [2.75, 3.05) is 20.2 Å². The third kappa shape index (κ3) is 3.32. The highest BCUT2D eigenvalue weighted by Gasteiger charge is 2.31. The fraction of sp³-hybridized carbons (Fsp3) is 0.500. The molecule has 1 aromatic rings. The molecule has 0 bridgehead atoms. The van der Waals surface area contributed by atoms with Gasteiger partial charge in [-0.3, -0.25) is 4.90 Å². The van der Waals surface area contributed by atoms with Crippen molar-refractivity contribution in [3.05, 3.63) is 35.4 Å². The molecule has 0 spiro atoms. The minimum atomic E-state index is -0.867. The van der Waals surface area contributed by atoms with E-state index in [9.17, 15) is 13.6 Å². The molecule has 4 nitrogen and oxygen atoms in total. The Kier molecular flexibility index (Phi) is 4.67. The number of rotatable bonds is 3. The highest BCUT2D eigenvalue weighted by molar-refractivity contribution is 5.74. The average Bonchev–Trinajstić information content (AvgIpc) is 2.42. The number of morpholine rings is 1. The smallest absolute Gasteiger partial charge is 0.336 e. The Morgan fingerprint density at radius 1 is 1.45 bits per heavy atom. The maximum atomic E-state index is 13.7. The van der Waals surface area contributed by atoms with E-state index >= 15 is 0 Å². The summed E-state index contributed by atoms with van der Waals surface area (Å²) in [6, 6.07) is 4.08. The van der Waals surface area contributed by atoms with Crippen LogP contribution in [0.15, 0.2) is 18.2 Å². The Hall–Kier alpha value is -1.53. The number of esters is 1. The van der Waals surface area contributed by atoms with Crippen molar-refractivity contribution >= 4 is 5.97 Å². The van der Waals surface area contributed by atoms with Gasteiger partial charge >= 0.3 is 5.97 Å². The normalized spacial score (nSPS) is 23.6. The largest absolute Gasteiger partial charge is 0.467 e. The molecule has 0 N–H and O–H groups in total. The maximum Gasteiger partial charge on any atom is 0.336 e. The van der Waals surface area contributed by atoms with E-state index in [2.05, 4.69) is 4.74 Å². The van der Waals surface area contributed by atoms with E-state index in [1.807, 2.05) is 11.8 Å². The number of methoxy groups -OCH3 is 1. The van der Waals surface area contributed by atoms with E-state index in [0.29, 0.717) is 13.1 Å². The standard InChI is InChI=1S/C14H17F2NO3/c1-9-6-17(8-12(20-9)14(18)19-2)7-10-4-3-5-11(15)13(10)16/h3-5,9,12H,6-8H2,1-2H3/t9-,12?/m1/s1. The number of hydrogen-bond donors (Lipinski definition) is 0. The molecule has 110 valence electrons. The van der Waals surface area contributed by atoms with Gasteiger partial charge in [-0.25, -0.2) is 13.6 Å². The summed E-state index contributed by atoms with van der Waals surface area (Å²) in [5.41, 5.74) is 0.266. The first kappa shape index (κ1) is 14.9. The van der Waals surface area contributed by atoms with Crippen LogP contribution >= 0.6 is 0 Å². The first-order chi connectivity index (χ1) is 9.51. The van der Waals surface area contributed by atoms with Crippen molar-refractivity contribution < 1.29 is 23.0 Å². The van der Waals surface area contributed by atoms with Gasteiger partial charge in [-0.1, -0.05) is 12.1 Å². The lowest BCUT2D eigenvalue weighted by molar-refractivity contribution is -0.166. The summed E-state index contributed by atoms with van der Waals surface area (Å²) < 4.78 is 37.0. The molecular weight excluding hydrogens is 268 g/mol. The fourth-order valence-electron chi connectivity index (χ4n) is 2.34. The summed E-state index contributed by atoms with van der Waals surface area (Å²) in [5, 5.41) is 0. The molecule has 1 aliphatic rings. The number of benzene rings is 1. The monoisotopic (exact) mass is 285 g/mol. The van der Waals surface area contributed by atoms with Crippen molar-refractivity contribution in [1.29, 1.82) is 0 Å². The lowest BCUT2D eigenvalue weighted by Gasteiger charge is -2.35. The molecule has 2 rings (SSSR count). The third-order valence-electron chi connectivity index (χ3n) is 3.23. The zero-order valence-electron chi connectivity index (χ0n) is 11.4. The second-order valence-corrected chi connectivity index (χ2v) is 4.87. The van der Waals surface area contributed by atoms with Crippen LogP contribution in [0.2, 0.25) is 0 Å². The molecule has 1 saturated heterocycles. The number of ether oxygens (including phenoxy) is 2. The van der Waals surface area contributed by atoms with Crippen molar-refractivity contribution in [2.45, 2.75) is 25.7 Å². The Morgan fingerprint density at radius 2 is 2.20 bits per heavy atom. The second-order valence-electron chi connectivity index (χ2n) is 4.87. The molecule has 1 unspecified atom stereocenters. The molecule has 0 aromatic heterocycles. The Labute approximate surface area is 116 Å². The van der Waals surface area contributed by atoms with Crippen molar-refractivity contribution in [1.82, 2.24) is 4.90 Å². The Bertz CT molecular complexity index is 495. The van der Waals surface area contributed by atoms with Crippen LogP contribution in [-0.2, 0) is 20.8 Å². The quantitative estimate of drug-likeness (QED) is 0.793. The number of halogens is 2. The molecule has 6 heteroatoms. The van der Waals surface area contributed by atoms with Crippen LogP contribution in [0.3, 0.4) is 0 Å². The molecule has 1 aromatic carbocycles. The van der Waals surface area contributed by atoms with E-state index in [1.54, 1.807) is 0 Å². The average molecular weight is 285 g/mol. The zero-order chi connectivity index (χ0) is 14.7. The van der Waals surface area contributed by atoms with Gasteiger partial charge in [0.15, 0.2) is 17.7 Å². The summed E-state index contributed by atoms with van der Waals surface area (Å²) >= 11 is 0. The van der Waals surface area contributed by atoms with Gasteiger partial charge in [0.25, 0.3) is 0 Å². The molecule has 0 saturated carbocycles. The van der Waals surface area contributed by atoms with Gasteiger partial charge in [-0.15, -0.1) is 0 Å². The number of carbonyl (C=O) groups is 1. The van der Waals surface area contributed by atoms with Crippen LogP contribution in [0.25, 0.3) is 0 Å². The Morgan fingerprint density at radius 3 is 2.90 bits per heavy atom. The number of carbonyl (C=O) groups excluding carboxylic acids is 1. The van der Waals surface area contributed by atoms with Crippen molar-refractivity contribution in [3.8, 4) is 0 Å². The maximum absolute atomic E-state index is 13.7. The van der Waals surface area contributed by atoms with Crippen LogP contribution in [0.1, 0.15) is 12.5 Å². The highest BCUT2D eigenvalue weighted by atomic mass is 19.2. The van der Waals surface area contributed by atoms with Gasteiger partial charge in [0.1, 0.15) is 0 Å². The van der Waals surface area contributed by atoms with Gasteiger partial charge in [0, 0.05) is 25.2 Å². The topological polar surface area (TPSA) is 38.8 Å². The molecule has 1 fully saturated rings. The summed E-state index contributed by atoms with van der Waals surface area (Å²) in [7, 11) is 1.29. The van der Waals surface area contributed by atoms with Crippen LogP contribution in [0, 0.1) is 11.6 Å². The number of hydrogen-bond acceptors (Lipinski definition) is 4. The molecule has 0 aliphatic carbocycles. The molecule has 1 aliphatic heterocycles. The first-order valence-electron chi connectivity index (χ1n) is 6.39. The Balaban J connectivity index is 2.08. The molecular formula is C14H17F2NO3. The second kappa shape index (κ2) is 6.28. The lowest BCUT2D eigenvalue weighted by Crippen LogP contribution is -2.49. The van der Waals surface area contributed by atoms with E-state index in [-0.39, 0.29) is 18.2 Å². The third-order valence-corrected chi connectivity index (χ3v) is 3.23. The fourth-order valence-corrected chi connectivity index (χ4v) is 2.34. The minimum absolute atomic E-state index is 0.176. The zero-order valence-corrected chi connectivity index (χ0v) is 11.4. The summed E-state index contributed by atoms with van der Waals surface area (Å²) in [5.74, 6) is -2.17. The summed E-state index contributed by atoms with van der Waals surface area (Å²) in [4.78, 5) is 13.4. The highest BCUT2D eigenvalue weighted by Crippen LogP contribution is 2.18. The lowest BCUT2D eigenvalue weighted by atomic mass is 10.1. The minimum Gasteiger partial charge on any atom is -0.467 e. The molecule has 0 radical (unpaired) electrons. The van der Waals surface area contributed by atoms with E-state index in [1.165, 1.54) is 19.2 Å². The summed E-state index contributed by atoms with van der Waals surface area (Å²) in [6.45, 7) is 2.89. The van der Waals surface area contributed by atoms with Crippen LogP contribution in [0.5, 0.6) is 0 Å². The van der Waals surface area contributed by atoms with Gasteiger partial charge in [0.2, 0.25) is 0 Å². The van der Waals surface area contributed by atoms with Gasteiger partial charge < -0.3 is 9.47 Å². The van der Waals surface area contributed by atoms with Gasteiger partial charge in [-0.05, 0) is 13.0 Å². The van der Waals surface area contributed by atoms with Crippen LogP contribution < -0.4 is 0 Å². The SMILES string of the molecule is COC(=O)C1CN(Cc2cccc(F)c2F)C[C@@H](C)O1. The van der Waals surface area contributed by atoms with E-state index in [4.69, 9.17) is 4.74 Å². The summed E-state index contributed by atoms with van der Waals surface area (Å²) in [6.07, 6.45) is -0.871. The van der Waals surface area contributed by atoms with Crippen LogP contribution in [-0.4, -0.2) is 43.3 Å². The molecule has 2 atom stereocenters. The predicted molar refractivity (Wildman–Crippen MR) is 68.0 cm³/mol. The van der Waals surface area contributed by atoms with Crippen LogP contribution in [0.4, 0.5) is 8.78 Å². The molecule has 0 amide bonds. The molecule has 20 heavy (non-hydrogen) atoms. The van der Waals surface area contributed by atoms with E-state index < -0.39 is 23.7 Å². The first-order valence-corrected chi connectivity index (χ1v) is 6.39. The van der Waals surface area contributed by atoms with Crippen molar-refractivity contribution in [2.24, 2.45) is 0 Å². The van der Waals surface area contributed by atoms with Gasteiger partial charge in [0.05, 0.1) is 13.2 Å². The molecule has 1 heterocycles. The van der Waals surface area contributed by atoms with Crippen molar-refractivity contribution in [3.63, 3.8) is 0 Å². The van der Waals surface area contributed by atoms with E-state index in [0.717, 1.165) is 6.07 Å². The number of nitrogens with zero attached hydrogens (tertiary/aromatic N) is 1. The van der Waals surface area contributed by atoms with Gasteiger partial charge in [-0.2, -0.15) is 0 Å².